The van der Waals surface area contributed by atoms with E-state index in [4.69, 9.17) is 4.98 Å². The highest BCUT2D eigenvalue weighted by molar-refractivity contribution is 6.32. The van der Waals surface area contributed by atoms with Gasteiger partial charge in [-0.2, -0.15) is 0 Å². The van der Waals surface area contributed by atoms with Crippen molar-refractivity contribution in [2.75, 3.05) is 0 Å². The Morgan fingerprint density at radius 3 is 1.28 bits per heavy atom. The summed E-state index contributed by atoms with van der Waals surface area (Å²) < 4.78 is 2.36. The van der Waals surface area contributed by atoms with Crippen molar-refractivity contribution >= 4 is 54.5 Å². The van der Waals surface area contributed by atoms with Gasteiger partial charge in [-0.25, -0.2) is 4.98 Å². The maximum absolute atomic E-state index is 5.49. The molecular formula is C55H36N2. The van der Waals surface area contributed by atoms with E-state index < -0.39 is 0 Å². The molecular weight excluding hydrogens is 689 g/mol. The predicted molar refractivity (Wildman–Crippen MR) is 240 cm³/mol. The van der Waals surface area contributed by atoms with Gasteiger partial charge >= 0.3 is 0 Å². The van der Waals surface area contributed by atoms with E-state index in [0.717, 1.165) is 39.2 Å². The summed E-state index contributed by atoms with van der Waals surface area (Å²) in [6, 6.07) is 78.6. The van der Waals surface area contributed by atoms with Crippen molar-refractivity contribution in [3.8, 4) is 28.2 Å². The largest absolute Gasteiger partial charge is 0.292 e. The van der Waals surface area contributed by atoms with Crippen LogP contribution < -0.4 is 0 Å². The molecule has 11 rings (SSSR count). The van der Waals surface area contributed by atoms with Crippen LogP contribution in [0.15, 0.2) is 218 Å². The van der Waals surface area contributed by atoms with E-state index in [0.29, 0.717) is 0 Å². The van der Waals surface area contributed by atoms with Gasteiger partial charge in [-0.3, -0.25) is 4.57 Å². The van der Waals surface area contributed by atoms with Crippen molar-refractivity contribution in [2.45, 2.75) is 0 Å². The molecule has 1 heterocycles. The van der Waals surface area contributed by atoms with Gasteiger partial charge in [0.05, 0.1) is 11.0 Å². The summed E-state index contributed by atoms with van der Waals surface area (Å²) in [6.07, 6.45) is 0. The highest BCUT2D eigenvalue weighted by Gasteiger charge is 2.22. The van der Waals surface area contributed by atoms with Crippen molar-refractivity contribution in [3.05, 3.63) is 241 Å². The molecule has 0 spiro atoms. The van der Waals surface area contributed by atoms with Crippen LogP contribution in [0.5, 0.6) is 0 Å². The molecule has 1 aromatic heterocycles. The normalized spacial score (nSPS) is 11.5. The van der Waals surface area contributed by atoms with Gasteiger partial charge in [0.1, 0.15) is 5.82 Å². The number of benzene rings is 10. The van der Waals surface area contributed by atoms with Gasteiger partial charge in [0.2, 0.25) is 0 Å². The Kier molecular flexibility index (Phi) is 7.86. The topological polar surface area (TPSA) is 17.8 Å². The Labute approximate surface area is 331 Å². The Hall–Kier alpha value is -7.55. The molecule has 0 radical (unpaired) electrons. The van der Waals surface area contributed by atoms with Crippen LogP contribution in [0.2, 0.25) is 0 Å². The molecule has 0 bridgehead atoms. The van der Waals surface area contributed by atoms with Crippen LogP contribution in [0.1, 0.15) is 22.3 Å². The average molecular weight is 725 g/mol. The molecule has 2 nitrogen and oxygen atoms in total. The number of nitrogens with zero attached hydrogens (tertiary/aromatic N) is 2. The van der Waals surface area contributed by atoms with Gasteiger partial charge in [0, 0.05) is 22.0 Å². The van der Waals surface area contributed by atoms with E-state index in [1.165, 1.54) is 65.7 Å². The zero-order valence-corrected chi connectivity index (χ0v) is 31.2. The van der Waals surface area contributed by atoms with E-state index in [1.54, 1.807) is 0 Å². The lowest BCUT2D eigenvalue weighted by atomic mass is 9.85. The van der Waals surface area contributed by atoms with Crippen LogP contribution in [-0.4, -0.2) is 9.55 Å². The molecule has 0 saturated heterocycles. The first-order chi connectivity index (χ1) is 28.3. The van der Waals surface area contributed by atoms with E-state index in [-0.39, 0.29) is 0 Å². The third-order valence-corrected chi connectivity index (χ3v) is 11.4. The first-order valence-corrected chi connectivity index (χ1v) is 19.6. The maximum Gasteiger partial charge on any atom is 0.145 e. The van der Waals surface area contributed by atoms with E-state index in [1.807, 2.05) is 0 Å². The van der Waals surface area contributed by atoms with Gasteiger partial charge in [0.25, 0.3) is 0 Å². The van der Waals surface area contributed by atoms with Crippen molar-refractivity contribution in [2.24, 2.45) is 0 Å². The molecule has 0 saturated carbocycles. The molecule has 0 fully saturated rings. The van der Waals surface area contributed by atoms with Crippen molar-refractivity contribution in [3.63, 3.8) is 0 Å². The van der Waals surface area contributed by atoms with Crippen molar-refractivity contribution in [1.29, 1.82) is 0 Å². The number of fused-ring (bicyclic) bond motifs is 3. The number of rotatable bonds is 7. The van der Waals surface area contributed by atoms with Crippen LogP contribution in [0, 0.1) is 0 Å². The molecule has 0 atom stereocenters. The standard InChI is InChI=1S/C55H36N2/c1-5-15-39(16-6-1)49(40-17-7-2-8-18-40)50(41-19-9-3-10-20-41)44-31-27-37(28-32-44)38-29-35-45(36-30-38)55-56-53-47-25-13-21-42-33-34-43-22-14-26-48(52(43)51(42)47)54(53)57(55)46-23-11-4-12-24-46/h1-36H. The molecule has 0 aliphatic rings. The van der Waals surface area contributed by atoms with Crippen molar-refractivity contribution < 1.29 is 0 Å². The molecule has 0 N–H and O–H groups in total. The Bertz CT molecular complexity index is 3180. The third-order valence-electron chi connectivity index (χ3n) is 11.4. The second kappa shape index (κ2) is 13.6. The van der Waals surface area contributed by atoms with Crippen LogP contribution >= 0.6 is 0 Å². The Balaban J connectivity index is 1.05. The fourth-order valence-electron chi connectivity index (χ4n) is 8.80. The number of aromatic nitrogens is 2. The zero-order valence-electron chi connectivity index (χ0n) is 31.2. The summed E-state index contributed by atoms with van der Waals surface area (Å²) in [5.41, 5.74) is 13.8. The quantitative estimate of drug-likeness (QED) is 0.118. The third kappa shape index (κ3) is 5.53. The molecule has 10 aromatic carbocycles. The minimum absolute atomic E-state index is 0.932. The molecule has 57 heavy (non-hydrogen) atoms. The number of para-hydroxylation sites is 1. The maximum atomic E-state index is 5.49. The van der Waals surface area contributed by atoms with Gasteiger partial charge < -0.3 is 0 Å². The summed E-state index contributed by atoms with van der Waals surface area (Å²) in [4.78, 5) is 5.49. The van der Waals surface area contributed by atoms with Crippen LogP contribution in [0.4, 0.5) is 0 Å². The predicted octanol–water partition coefficient (Wildman–Crippen LogP) is 14.3. The average Bonchev–Trinajstić information content (AvgIpc) is 3.70. The molecule has 266 valence electrons. The van der Waals surface area contributed by atoms with Gasteiger partial charge in [-0.1, -0.05) is 206 Å². The first-order valence-electron chi connectivity index (χ1n) is 19.6. The van der Waals surface area contributed by atoms with Gasteiger partial charge in [-0.15, -0.1) is 0 Å². The molecule has 2 heteroatoms. The number of hydrogen-bond acceptors (Lipinski definition) is 1. The van der Waals surface area contributed by atoms with Gasteiger partial charge in [-0.05, 0) is 78.2 Å². The number of imidazole rings is 1. The summed E-state index contributed by atoms with van der Waals surface area (Å²) in [5.74, 6) is 0.932. The lowest BCUT2D eigenvalue weighted by Gasteiger charge is -2.18. The van der Waals surface area contributed by atoms with Gasteiger partial charge in [0.15, 0.2) is 0 Å². The highest BCUT2D eigenvalue weighted by Crippen LogP contribution is 2.43. The lowest BCUT2D eigenvalue weighted by molar-refractivity contribution is 1.11. The van der Waals surface area contributed by atoms with Crippen LogP contribution in [-0.2, 0) is 0 Å². The minimum atomic E-state index is 0.932. The second-order valence-corrected chi connectivity index (χ2v) is 14.7. The molecule has 0 unspecified atom stereocenters. The van der Waals surface area contributed by atoms with Crippen LogP contribution in [0.3, 0.4) is 0 Å². The lowest BCUT2D eigenvalue weighted by Crippen LogP contribution is -1.98. The second-order valence-electron chi connectivity index (χ2n) is 14.7. The molecule has 0 aliphatic carbocycles. The van der Waals surface area contributed by atoms with E-state index >= 15 is 0 Å². The zero-order chi connectivity index (χ0) is 37.7. The summed E-state index contributed by atoms with van der Waals surface area (Å²) in [7, 11) is 0. The van der Waals surface area contributed by atoms with Crippen LogP contribution in [0.25, 0.3) is 82.7 Å². The highest BCUT2D eigenvalue weighted by atomic mass is 15.1. The Morgan fingerprint density at radius 2 is 0.754 bits per heavy atom. The Morgan fingerprint density at radius 1 is 0.333 bits per heavy atom. The molecule has 0 amide bonds. The molecule has 0 aliphatic heterocycles. The van der Waals surface area contributed by atoms with E-state index in [2.05, 4.69) is 223 Å². The SMILES string of the molecule is c1ccc(C(=C(c2ccccc2)c2ccc(-c3ccc(-c4nc5c6cccc7ccc8cccc(c8c76)c5n4-c4ccccc4)cc3)cc2)c2ccccc2)cc1. The summed E-state index contributed by atoms with van der Waals surface area (Å²) in [5, 5.41) is 7.48. The first kappa shape index (κ1) is 32.8. The fourth-order valence-corrected chi connectivity index (χ4v) is 8.80. The fraction of sp³-hybridized carbons (Fsp3) is 0. The monoisotopic (exact) mass is 724 g/mol. The summed E-state index contributed by atoms with van der Waals surface area (Å²) in [6.45, 7) is 0. The molecule has 11 aromatic rings. The van der Waals surface area contributed by atoms with E-state index in [9.17, 15) is 0 Å². The number of hydrogen-bond donors (Lipinski definition) is 0. The summed E-state index contributed by atoms with van der Waals surface area (Å²) >= 11 is 0. The smallest absolute Gasteiger partial charge is 0.145 e. The van der Waals surface area contributed by atoms with Crippen molar-refractivity contribution in [1.82, 2.24) is 9.55 Å². The minimum Gasteiger partial charge on any atom is -0.292 e.